The normalized spacial score (nSPS) is 16.5. The standard InChI is InChI=1S/C17H24N2/c1-12-8-13(2)15(4)16(14(12)3)9-19(5)11-17(10-18)6-7-17/h8H,6-7,9,11H2,1-5H3. The summed E-state index contributed by atoms with van der Waals surface area (Å²) in [7, 11) is 2.13. The summed E-state index contributed by atoms with van der Waals surface area (Å²) >= 11 is 0. The summed E-state index contributed by atoms with van der Waals surface area (Å²) in [6, 6.07) is 4.75. The third kappa shape index (κ3) is 2.82. The predicted octanol–water partition coefficient (Wildman–Crippen LogP) is 3.66. The first kappa shape index (κ1) is 14.1. The maximum atomic E-state index is 9.19. The van der Waals surface area contributed by atoms with Gasteiger partial charge in [-0.15, -0.1) is 0 Å². The lowest BCUT2D eigenvalue weighted by atomic mass is 9.94. The molecule has 0 saturated heterocycles. The number of hydrogen-bond donors (Lipinski definition) is 0. The summed E-state index contributed by atoms with van der Waals surface area (Å²) < 4.78 is 0. The zero-order valence-corrected chi connectivity index (χ0v) is 12.8. The van der Waals surface area contributed by atoms with Gasteiger partial charge in [0.25, 0.3) is 0 Å². The van der Waals surface area contributed by atoms with Crippen molar-refractivity contribution in [3.05, 3.63) is 33.9 Å². The van der Waals surface area contributed by atoms with E-state index in [0.29, 0.717) is 0 Å². The van der Waals surface area contributed by atoms with E-state index in [2.05, 4.69) is 51.8 Å². The van der Waals surface area contributed by atoms with E-state index in [-0.39, 0.29) is 5.41 Å². The molecule has 2 nitrogen and oxygen atoms in total. The molecule has 0 unspecified atom stereocenters. The molecule has 0 aromatic heterocycles. The number of rotatable bonds is 4. The van der Waals surface area contributed by atoms with Gasteiger partial charge in [0.2, 0.25) is 0 Å². The molecule has 1 fully saturated rings. The highest BCUT2D eigenvalue weighted by Gasteiger charge is 2.43. The maximum Gasteiger partial charge on any atom is 0.0703 e. The fourth-order valence-electron chi connectivity index (χ4n) is 2.83. The van der Waals surface area contributed by atoms with E-state index in [0.717, 1.165) is 25.9 Å². The van der Waals surface area contributed by atoms with Crippen LogP contribution in [0, 0.1) is 44.4 Å². The molecule has 2 rings (SSSR count). The Labute approximate surface area is 117 Å². The summed E-state index contributed by atoms with van der Waals surface area (Å²) in [6.07, 6.45) is 2.14. The number of nitrogens with zero attached hydrogens (tertiary/aromatic N) is 2. The highest BCUT2D eigenvalue weighted by Crippen LogP contribution is 2.45. The summed E-state index contributed by atoms with van der Waals surface area (Å²) in [5.41, 5.74) is 6.93. The van der Waals surface area contributed by atoms with Crippen molar-refractivity contribution in [3.8, 4) is 6.07 Å². The van der Waals surface area contributed by atoms with Gasteiger partial charge in [-0.05, 0) is 75.4 Å². The summed E-state index contributed by atoms with van der Waals surface area (Å²) in [5, 5.41) is 9.19. The lowest BCUT2D eigenvalue weighted by molar-refractivity contribution is 0.285. The monoisotopic (exact) mass is 256 g/mol. The van der Waals surface area contributed by atoms with E-state index in [1.807, 2.05) is 0 Å². The van der Waals surface area contributed by atoms with Crippen LogP contribution in [0.3, 0.4) is 0 Å². The van der Waals surface area contributed by atoms with Crippen molar-refractivity contribution < 1.29 is 0 Å². The van der Waals surface area contributed by atoms with Gasteiger partial charge in [-0.3, -0.25) is 0 Å². The Kier molecular flexibility index (Phi) is 3.69. The minimum atomic E-state index is -0.0462. The van der Waals surface area contributed by atoms with Crippen molar-refractivity contribution in [2.24, 2.45) is 5.41 Å². The van der Waals surface area contributed by atoms with Crippen molar-refractivity contribution >= 4 is 0 Å². The number of nitriles is 1. The molecular formula is C17H24N2. The SMILES string of the molecule is Cc1cc(C)c(C)c(CN(C)CC2(C#N)CC2)c1C. The van der Waals surface area contributed by atoms with E-state index in [1.165, 1.54) is 27.8 Å². The molecule has 0 atom stereocenters. The van der Waals surface area contributed by atoms with Crippen molar-refractivity contribution in [2.45, 2.75) is 47.1 Å². The summed E-state index contributed by atoms with van der Waals surface area (Å²) in [6.45, 7) is 10.6. The molecule has 19 heavy (non-hydrogen) atoms. The zero-order chi connectivity index (χ0) is 14.2. The molecular weight excluding hydrogens is 232 g/mol. The van der Waals surface area contributed by atoms with Crippen LogP contribution in [0.2, 0.25) is 0 Å². The largest absolute Gasteiger partial charge is 0.301 e. The second-order valence-electron chi connectivity index (χ2n) is 6.30. The van der Waals surface area contributed by atoms with E-state index in [4.69, 9.17) is 0 Å². The zero-order valence-electron chi connectivity index (χ0n) is 12.8. The molecule has 0 radical (unpaired) electrons. The smallest absolute Gasteiger partial charge is 0.0703 e. The van der Waals surface area contributed by atoms with E-state index < -0.39 is 0 Å². The van der Waals surface area contributed by atoms with Crippen LogP contribution in [0.4, 0.5) is 0 Å². The Hall–Kier alpha value is -1.33. The lowest BCUT2D eigenvalue weighted by Gasteiger charge is -2.23. The van der Waals surface area contributed by atoms with E-state index in [1.54, 1.807) is 0 Å². The molecule has 102 valence electrons. The van der Waals surface area contributed by atoms with Gasteiger partial charge >= 0.3 is 0 Å². The van der Waals surface area contributed by atoms with Crippen LogP contribution in [0.15, 0.2) is 6.07 Å². The fourth-order valence-corrected chi connectivity index (χ4v) is 2.83. The topological polar surface area (TPSA) is 27.0 Å². The highest BCUT2D eigenvalue weighted by atomic mass is 15.1. The molecule has 0 N–H and O–H groups in total. The van der Waals surface area contributed by atoms with Crippen molar-refractivity contribution in [3.63, 3.8) is 0 Å². The molecule has 1 aromatic rings. The predicted molar refractivity (Wildman–Crippen MR) is 79.0 cm³/mol. The molecule has 1 aliphatic rings. The minimum Gasteiger partial charge on any atom is -0.301 e. The number of hydrogen-bond acceptors (Lipinski definition) is 2. The van der Waals surface area contributed by atoms with Gasteiger partial charge in [-0.25, -0.2) is 0 Å². The molecule has 0 aliphatic heterocycles. The van der Waals surface area contributed by atoms with Gasteiger partial charge < -0.3 is 4.90 Å². The summed E-state index contributed by atoms with van der Waals surface area (Å²) in [5.74, 6) is 0. The Morgan fingerprint density at radius 1 is 1.16 bits per heavy atom. The molecule has 1 aromatic carbocycles. The van der Waals surface area contributed by atoms with Gasteiger partial charge in [0, 0.05) is 13.1 Å². The maximum absolute atomic E-state index is 9.19. The van der Waals surface area contributed by atoms with Gasteiger partial charge in [0.05, 0.1) is 11.5 Å². The fraction of sp³-hybridized carbons (Fsp3) is 0.588. The quantitative estimate of drug-likeness (QED) is 0.822. The van der Waals surface area contributed by atoms with Gasteiger partial charge in [-0.2, -0.15) is 5.26 Å². The van der Waals surface area contributed by atoms with Crippen molar-refractivity contribution in [1.82, 2.24) is 4.90 Å². The lowest BCUT2D eigenvalue weighted by Crippen LogP contribution is -2.26. The first-order valence-corrected chi connectivity index (χ1v) is 7.04. The first-order valence-electron chi connectivity index (χ1n) is 7.04. The molecule has 1 saturated carbocycles. The van der Waals surface area contributed by atoms with Crippen molar-refractivity contribution in [1.29, 1.82) is 5.26 Å². The summed E-state index contributed by atoms with van der Waals surface area (Å²) in [4.78, 5) is 2.31. The molecule has 0 spiro atoms. The number of benzene rings is 1. The van der Waals surface area contributed by atoms with Crippen LogP contribution in [-0.2, 0) is 6.54 Å². The van der Waals surface area contributed by atoms with Crippen LogP contribution in [0.25, 0.3) is 0 Å². The van der Waals surface area contributed by atoms with Gasteiger partial charge in [0.15, 0.2) is 0 Å². The third-order valence-electron chi connectivity index (χ3n) is 4.61. The Bertz CT molecular complexity index is 507. The average Bonchev–Trinajstić information content (AvgIpc) is 3.12. The van der Waals surface area contributed by atoms with Crippen LogP contribution in [-0.4, -0.2) is 18.5 Å². The Morgan fingerprint density at radius 2 is 1.68 bits per heavy atom. The van der Waals surface area contributed by atoms with E-state index >= 15 is 0 Å². The first-order chi connectivity index (χ1) is 8.88. The molecule has 0 bridgehead atoms. The molecule has 2 heteroatoms. The van der Waals surface area contributed by atoms with Crippen LogP contribution >= 0.6 is 0 Å². The second kappa shape index (κ2) is 4.98. The molecule has 0 heterocycles. The average molecular weight is 256 g/mol. The minimum absolute atomic E-state index is 0.0462. The second-order valence-corrected chi connectivity index (χ2v) is 6.30. The van der Waals surface area contributed by atoms with Crippen LogP contribution < -0.4 is 0 Å². The molecule has 0 amide bonds. The van der Waals surface area contributed by atoms with Gasteiger partial charge in [0.1, 0.15) is 0 Å². The Morgan fingerprint density at radius 3 is 2.11 bits per heavy atom. The molecule has 1 aliphatic carbocycles. The van der Waals surface area contributed by atoms with Gasteiger partial charge in [-0.1, -0.05) is 6.07 Å². The van der Waals surface area contributed by atoms with E-state index in [9.17, 15) is 5.26 Å². The third-order valence-corrected chi connectivity index (χ3v) is 4.61. The number of aryl methyl sites for hydroxylation is 2. The van der Waals surface area contributed by atoms with Crippen LogP contribution in [0.1, 0.15) is 40.7 Å². The van der Waals surface area contributed by atoms with Crippen molar-refractivity contribution in [2.75, 3.05) is 13.6 Å². The Balaban J connectivity index is 2.17. The van der Waals surface area contributed by atoms with Crippen LogP contribution in [0.5, 0.6) is 0 Å². The highest BCUT2D eigenvalue weighted by molar-refractivity contribution is 5.43.